The zero-order valence-corrected chi connectivity index (χ0v) is 8.54. The highest BCUT2D eigenvalue weighted by Gasteiger charge is 2.18. The third-order valence-corrected chi connectivity index (χ3v) is 2.59. The van der Waals surface area contributed by atoms with Crippen LogP contribution in [0.1, 0.15) is 40.5 Å². The molecule has 62 valence electrons. The molecule has 0 heterocycles. The van der Waals surface area contributed by atoms with Gasteiger partial charge in [-0.3, -0.25) is 0 Å². The minimum Gasteiger partial charge on any atom is -0.179 e. The van der Waals surface area contributed by atoms with Crippen LogP contribution in [0.4, 0.5) is 0 Å². The van der Waals surface area contributed by atoms with Crippen molar-refractivity contribution in [3.63, 3.8) is 0 Å². The summed E-state index contributed by atoms with van der Waals surface area (Å²) in [4.78, 5) is 0. The van der Waals surface area contributed by atoms with Crippen LogP contribution in [-0.2, 0) is 0 Å². The van der Waals surface area contributed by atoms with E-state index in [1.165, 1.54) is 12.8 Å². The van der Waals surface area contributed by atoms with Gasteiger partial charge in [0.25, 0.3) is 0 Å². The Balaban J connectivity index is 3.52. The van der Waals surface area contributed by atoms with Crippen LogP contribution in [-0.4, -0.2) is 5.75 Å². The van der Waals surface area contributed by atoms with Gasteiger partial charge in [-0.2, -0.15) is 12.6 Å². The molecule has 0 aliphatic rings. The Bertz CT molecular complexity index is 81.2. The average Bonchev–Trinajstić information content (AvgIpc) is 1.80. The number of hydrogen-bond donors (Lipinski definition) is 1. The van der Waals surface area contributed by atoms with Gasteiger partial charge in [0.2, 0.25) is 0 Å². The third-order valence-electron chi connectivity index (χ3n) is 2.27. The van der Waals surface area contributed by atoms with Crippen molar-refractivity contribution in [3.05, 3.63) is 0 Å². The van der Waals surface area contributed by atoms with Crippen molar-refractivity contribution < 1.29 is 0 Å². The Morgan fingerprint density at radius 3 is 2.10 bits per heavy atom. The van der Waals surface area contributed by atoms with Gasteiger partial charge in [0.15, 0.2) is 0 Å². The van der Waals surface area contributed by atoms with E-state index in [2.05, 4.69) is 40.3 Å². The fourth-order valence-electron chi connectivity index (χ4n) is 0.830. The molecule has 0 saturated carbocycles. The number of thiol groups is 1. The largest absolute Gasteiger partial charge is 0.179 e. The van der Waals surface area contributed by atoms with E-state index in [0.29, 0.717) is 5.41 Å². The SMILES string of the molecule is CC(CCCS)C(C)(C)C. The lowest BCUT2D eigenvalue weighted by Gasteiger charge is -2.26. The zero-order valence-electron chi connectivity index (χ0n) is 7.65. The molecule has 1 heteroatoms. The molecule has 0 saturated heterocycles. The van der Waals surface area contributed by atoms with E-state index in [9.17, 15) is 0 Å². The first-order chi connectivity index (χ1) is 4.48. The summed E-state index contributed by atoms with van der Waals surface area (Å²) in [5, 5.41) is 0. The molecule has 0 aliphatic carbocycles. The van der Waals surface area contributed by atoms with Gasteiger partial charge in [-0.25, -0.2) is 0 Å². The maximum absolute atomic E-state index is 4.19. The van der Waals surface area contributed by atoms with Gasteiger partial charge in [0.05, 0.1) is 0 Å². The predicted octanol–water partition coefficient (Wildman–Crippen LogP) is 3.38. The second-order valence-electron chi connectivity index (χ2n) is 4.13. The normalized spacial score (nSPS) is 15.3. The summed E-state index contributed by atoms with van der Waals surface area (Å²) in [7, 11) is 0. The molecular weight excluding hydrogens is 140 g/mol. The fraction of sp³-hybridized carbons (Fsp3) is 1.00. The first kappa shape index (κ1) is 10.3. The first-order valence-electron chi connectivity index (χ1n) is 4.09. The topological polar surface area (TPSA) is 0 Å². The number of hydrogen-bond acceptors (Lipinski definition) is 1. The van der Waals surface area contributed by atoms with Gasteiger partial charge in [0, 0.05) is 0 Å². The molecule has 0 aliphatic heterocycles. The van der Waals surface area contributed by atoms with Crippen LogP contribution in [0, 0.1) is 11.3 Å². The summed E-state index contributed by atoms with van der Waals surface area (Å²) in [5.41, 5.74) is 0.475. The molecule has 0 radical (unpaired) electrons. The average molecular weight is 160 g/mol. The van der Waals surface area contributed by atoms with Crippen molar-refractivity contribution in [1.82, 2.24) is 0 Å². The van der Waals surface area contributed by atoms with Crippen LogP contribution < -0.4 is 0 Å². The van der Waals surface area contributed by atoms with Crippen LogP contribution in [0.3, 0.4) is 0 Å². The maximum atomic E-state index is 4.19. The molecule has 0 nitrogen and oxygen atoms in total. The molecule has 0 rings (SSSR count). The number of rotatable bonds is 3. The highest BCUT2D eigenvalue weighted by Crippen LogP contribution is 2.28. The molecule has 10 heavy (non-hydrogen) atoms. The van der Waals surface area contributed by atoms with Crippen LogP contribution in [0.5, 0.6) is 0 Å². The van der Waals surface area contributed by atoms with E-state index >= 15 is 0 Å². The quantitative estimate of drug-likeness (QED) is 0.601. The highest BCUT2D eigenvalue weighted by molar-refractivity contribution is 7.80. The van der Waals surface area contributed by atoms with Gasteiger partial charge in [-0.1, -0.05) is 27.7 Å². The summed E-state index contributed by atoms with van der Waals surface area (Å²) in [6.07, 6.45) is 2.56. The van der Waals surface area contributed by atoms with Crippen molar-refractivity contribution >= 4 is 12.6 Å². The molecule has 0 aromatic carbocycles. The second-order valence-corrected chi connectivity index (χ2v) is 4.58. The van der Waals surface area contributed by atoms with Gasteiger partial charge in [-0.15, -0.1) is 0 Å². The molecule has 0 aromatic heterocycles. The van der Waals surface area contributed by atoms with E-state index in [1.54, 1.807) is 0 Å². The summed E-state index contributed by atoms with van der Waals surface area (Å²) in [6, 6.07) is 0. The minimum atomic E-state index is 0.475. The van der Waals surface area contributed by atoms with Crippen LogP contribution in [0.2, 0.25) is 0 Å². The summed E-state index contributed by atoms with van der Waals surface area (Å²) in [5.74, 6) is 1.85. The van der Waals surface area contributed by atoms with Crippen molar-refractivity contribution in [1.29, 1.82) is 0 Å². The molecule has 0 aromatic rings. The molecular formula is C9H20S. The predicted molar refractivity (Wildman–Crippen MR) is 51.7 cm³/mol. The summed E-state index contributed by atoms with van der Waals surface area (Å²) >= 11 is 4.19. The lowest BCUT2D eigenvalue weighted by atomic mass is 9.80. The Morgan fingerprint density at radius 2 is 1.80 bits per heavy atom. The van der Waals surface area contributed by atoms with Crippen molar-refractivity contribution in [3.8, 4) is 0 Å². The smallest absolute Gasteiger partial charge is 0.00978 e. The standard InChI is InChI=1S/C9H20S/c1-8(6-5-7-10)9(2,3)4/h8,10H,5-7H2,1-4H3. The molecule has 1 unspecified atom stereocenters. The Morgan fingerprint density at radius 1 is 1.30 bits per heavy atom. The van der Waals surface area contributed by atoms with Crippen molar-refractivity contribution in [2.75, 3.05) is 5.75 Å². The monoisotopic (exact) mass is 160 g/mol. The van der Waals surface area contributed by atoms with Gasteiger partial charge in [-0.05, 0) is 29.9 Å². The highest BCUT2D eigenvalue weighted by atomic mass is 32.1. The van der Waals surface area contributed by atoms with Crippen LogP contribution >= 0.6 is 12.6 Å². The lowest BCUT2D eigenvalue weighted by molar-refractivity contribution is 0.246. The minimum absolute atomic E-state index is 0.475. The molecule has 1 atom stereocenters. The second kappa shape index (κ2) is 4.27. The van der Waals surface area contributed by atoms with E-state index in [-0.39, 0.29) is 0 Å². The fourth-order valence-corrected chi connectivity index (χ4v) is 1.01. The van der Waals surface area contributed by atoms with Crippen molar-refractivity contribution in [2.24, 2.45) is 11.3 Å². The zero-order chi connectivity index (χ0) is 8.20. The van der Waals surface area contributed by atoms with E-state index in [1.807, 2.05) is 0 Å². The maximum Gasteiger partial charge on any atom is -0.00978 e. The molecule has 0 N–H and O–H groups in total. The van der Waals surface area contributed by atoms with Crippen molar-refractivity contribution in [2.45, 2.75) is 40.5 Å². The lowest BCUT2D eigenvalue weighted by Crippen LogP contribution is -2.17. The van der Waals surface area contributed by atoms with Crippen LogP contribution in [0.25, 0.3) is 0 Å². The van der Waals surface area contributed by atoms with E-state index < -0.39 is 0 Å². The molecule has 0 spiro atoms. The van der Waals surface area contributed by atoms with Gasteiger partial charge < -0.3 is 0 Å². The molecule has 0 bridgehead atoms. The van der Waals surface area contributed by atoms with Crippen LogP contribution in [0.15, 0.2) is 0 Å². The Labute approximate surface area is 70.8 Å². The van der Waals surface area contributed by atoms with Gasteiger partial charge >= 0.3 is 0 Å². The molecule has 0 fully saturated rings. The first-order valence-corrected chi connectivity index (χ1v) is 4.72. The third kappa shape index (κ3) is 4.21. The van der Waals surface area contributed by atoms with E-state index in [4.69, 9.17) is 0 Å². The summed E-state index contributed by atoms with van der Waals surface area (Å²) < 4.78 is 0. The molecule has 0 amide bonds. The Hall–Kier alpha value is 0.350. The summed E-state index contributed by atoms with van der Waals surface area (Å²) in [6.45, 7) is 9.23. The van der Waals surface area contributed by atoms with E-state index in [0.717, 1.165) is 11.7 Å². The Kier molecular flexibility index (Phi) is 4.42. The van der Waals surface area contributed by atoms with Gasteiger partial charge in [0.1, 0.15) is 0 Å².